The van der Waals surface area contributed by atoms with Crippen LogP contribution in [0.5, 0.6) is 0 Å². The fourth-order valence-corrected chi connectivity index (χ4v) is 5.94. The summed E-state index contributed by atoms with van der Waals surface area (Å²) in [6.07, 6.45) is 4.84. The van der Waals surface area contributed by atoms with Crippen molar-refractivity contribution in [3.8, 4) is 0 Å². The van der Waals surface area contributed by atoms with Crippen molar-refractivity contribution in [2.45, 2.75) is 95.7 Å². The molecular formula is C28H35F4N7O2. The minimum Gasteiger partial charge on any atom is -0.349 e. The fourth-order valence-electron chi connectivity index (χ4n) is 5.94. The van der Waals surface area contributed by atoms with E-state index < -0.39 is 17.9 Å². The average molecular weight is 578 g/mol. The highest BCUT2D eigenvalue weighted by Crippen LogP contribution is 2.44. The maximum absolute atomic E-state index is 14.0. The number of nitrogens with zero attached hydrogens (tertiary/aromatic N) is 5. The number of aromatic nitrogens is 5. The summed E-state index contributed by atoms with van der Waals surface area (Å²) in [4.78, 5) is 30.5. The summed E-state index contributed by atoms with van der Waals surface area (Å²) in [5, 5.41) is 14.5. The van der Waals surface area contributed by atoms with Crippen molar-refractivity contribution >= 4 is 17.5 Å². The molecule has 3 heterocycles. The lowest BCUT2D eigenvalue weighted by Crippen LogP contribution is -2.39. The van der Waals surface area contributed by atoms with E-state index in [0.29, 0.717) is 35.6 Å². The maximum Gasteiger partial charge on any atom is 0.270 e. The van der Waals surface area contributed by atoms with Gasteiger partial charge in [-0.15, -0.1) is 0 Å². The molecule has 0 radical (unpaired) electrons. The number of carbonyl (C=O) groups excluding carboxylic acids is 2. The molecule has 13 heteroatoms. The molecule has 2 amide bonds. The minimum atomic E-state index is -2.72. The van der Waals surface area contributed by atoms with Gasteiger partial charge in [0.15, 0.2) is 5.65 Å². The number of hydrogen-bond acceptors (Lipinski definition) is 5. The molecule has 0 saturated heterocycles. The number of aryl methyl sites for hydroxylation is 1. The van der Waals surface area contributed by atoms with E-state index in [2.05, 4.69) is 20.8 Å². The highest BCUT2D eigenvalue weighted by molar-refractivity contribution is 5.92. The smallest absolute Gasteiger partial charge is 0.270 e. The molecule has 2 aliphatic carbocycles. The summed E-state index contributed by atoms with van der Waals surface area (Å²) in [5.74, 6) is -6.61. The molecule has 0 spiro atoms. The topological polar surface area (TPSA) is 106 Å². The van der Waals surface area contributed by atoms with Gasteiger partial charge >= 0.3 is 0 Å². The van der Waals surface area contributed by atoms with Crippen molar-refractivity contribution in [2.24, 2.45) is 11.8 Å². The number of alkyl halides is 4. The quantitative estimate of drug-likeness (QED) is 0.321. The predicted molar refractivity (Wildman–Crippen MR) is 141 cm³/mol. The molecule has 3 aromatic heterocycles. The van der Waals surface area contributed by atoms with Crippen LogP contribution in [0.4, 0.5) is 17.6 Å². The van der Waals surface area contributed by atoms with Crippen molar-refractivity contribution in [3.63, 3.8) is 0 Å². The van der Waals surface area contributed by atoms with Crippen molar-refractivity contribution in [1.82, 2.24) is 35.0 Å². The molecule has 222 valence electrons. The molecule has 0 aromatic carbocycles. The van der Waals surface area contributed by atoms with Gasteiger partial charge in [0.2, 0.25) is 17.8 Å². The summed E-state index contributed by atoms with van der Waals surface area (Å²) < 4.78 is 57.4. The third-order valence-electron chi connectivity index (χ3n) is 8.24. The molecule has 0 unspecified atom stereocenters. The van der Waals surface area contributed by atoms with Crippen LogP contribution in [0.25, 0.3) is 5.65 Å². The monoisotopic (exact) mass is 577 g/mol. The van der Waals surface area contributed by atoms with Gasteiger partial charge in [-0.1, -0.05) is 6.92 Å². The standard InChI is InChI=1S/C28H35F4N7O2/c1-3-20(36-24(40)11-17-13-28(31,32)14-17)19-12-23-35-21(16-39(23)34-15-19)25(18-5-8-27(29,30)9-6-18)37-26(41)22-7-10-33-38(22)4-2/h7,10,12,15-18,20,25H,3-6,8-9,11,13-14H2,1-2H3,(H,36,40)(H,37,41)/t20-,25+/m1/s1. The van der Waals surface area contributed by atoms with E-state index in [1.54, 1.807) is 33.7 Å². The van der Waals surface area contributed by atoms with Crippen LogP contribution in [0.1, 0.15) is 99.0 Å². The first-order valence-corrected chi connectivity index (χ1v) is 14.2. The Morgan fingerprint density at radius 3 is 2.46 bits per heavy atom. The van der Waals surface area contributed by atoms with Gasteiger partial charge in [-0.05, 0) is 55.7 Å². The number of halogens is 4. The first-order valence-electron chi connectivity index (χ1n) is 14.2. The Balaban J connectivity index is 1.36. The minimum absolute atomic E-state index is 0.0496. The fraction of sp³-hybridized carbons (Fsp3) is 0.607. The molecule has 2 fully saturated rings. The molecule has 2 aliphatic rings. The van der Waals surface area contributed by atoms with Gasteiger partial charge in [-0.3, -0.25) is 14.3 Å². The maximum atomic E-state index is 14.0. The summed E-state index contributed by atoms with van der Waals surface area (Å²) in [7, 11) is 0. The lowest BCUT2D eigenvalue weighted by molar-refractivity contribution is -0.134. The highest BCUT2D eigenvalue weighted by Gasteiger charge is 2.46. The van der Waals surface area contributed by atoms with Crippen LogP contribution in [-0.2, 0) is 11.3 Å². The van der Waals surface area contributed by atoms with Gasteiger partial charge in [0.1, 0.15) is 5.69 Å². The van der Waals surface area contributed by atoms with E-state index in [1.165, 1.54) is 6.20 Å². The zero-order chi connectivity index (χ0) is 29.4. The van der Waals surface area contributed by atoms with Gasteiger partial charge < -0.3 is 10.6 Å². The zero-order valence-electron chi connectivity index (χ0n) is 23.1. The molecule has 3 aromatic rings. The number of fused-ring (bicyclic) bond motifs is 1. The second kappa shape index (κ2) is 11.4. The van der Waals surface area contributed by atoms with Crippen LogP contribution in [0.15, 0.2) is 30.7 Å². The van der Waals surface area contributed by atoms with Gasteiger partial charge in [0.25, 0.3) is 5.91 Å². The molecule has 2 saturated carbocycles. The molecule has 0 aliphatic heterocycles. The lowest BCUT2D eigenvalue weighted by Gasteiger charge is -2.34. The molecule has 2 N–H and O–H groups in total. The van der Waals surface area contributed by atoms with Crippen LogP contribution < -0.4 is 10.6 Å². The number of nitrogens with one attached hydrogen (secondary N) is 2. The third-order valence-corrected chi connectivity index (χ3v) is 8.24. The molecule has 0 bridgehead atoms. The Morgan fingerprint density at radius 1 is 1.07 bits per heavy atom. The molecular weight excluding hydrogens is 542 g/mol. The summed E-state index contributed by atoms with van der Waals surface area (Å²) >= 11 is 0. The Labute approximate surface area is 235 Å². The second-order valence-corrected chi connectivity index (χ2v) is 11.3. The number of hydrogen-bond donors (Lipinski definition) is 2. The van der Waals surface area contributed by atoms with E-state index in [4.69, 9.17) is 4.98 Å². The van der Waals surface area contributed by atoms with Crippen LogP contribution in [0, 0.1) is 11.8 Å². The summed E-state index contributed by atoms with van der Waals surface area (Å²) in [6, 6.07) is 2.39. The number of carbonyl (C=O) groups is 2. The molecule has 9 nitrogen and oxygen atoms in total. The van der Waals surface area contributed by atoms with Crippen molar-refractivity contribution in [2.75, 3.05) is 0 Å². The number of imidazole rings is 1. The Kier molecular flexibility index (Phi) is 8.06. The molecule has 5 rings (SSSR count). The first-order chi connectivity index (χ1) is 19.5. The van der Waals surface area contributed by atoms with Crippen LogP contribution in [-0.4, -0.2) is 48.0 Å². The van der Waals surface area contributed by atoms with Gasteiger partial charge in [0, 0.05) is 44.8 Å². The average Bonchev–Trinajstić information content (AvgIpc) is 3.56. The van der Waals surface area contributed by atoms with Gasteiger partial charge in [-0.2, -0.15) is 10.2 Å². The molecule has 2 atom stereocenters. The van der Waals surface area contributed by atoms with Crippen molar-refractivity contribution in [3.05, 3.63) is 47.7 Å². The summed E-state index contributed by atoms with van der Waals surface area (Å²) in [5.41, 5.74) is 2.05. The highest BCUT2D eigenvalue weighted by atomic mass is 19.3. The van der Waals surface area contributed by atoms with E-state index in [1.807, 2.05) is 13.8 Å². The van der Waals surface area contributed by atoms with Crippen LogP contribution >= 0.6 is 0 Å². The third kappa shape index (κ3) is 6.54. The van der Waals surface area contributed by atoms with E-state index >= 15 is 0 Å². The van der Waals surface area contributed by atoms with Crippen LogP contribution in [0.3, 0.4) is 0 Å². The van der Waals surface area contributed by atoms with E-state index in [0.717, 1.165) is 0 Å². The normalized spacial score (nSPS) is 20.3. The van der Waals surface area contributed by atoms with E-state index in [-0.39, 0.29) is 74.6 Å². The largest absolute Gasteiger partial charge is 0.349 e. The predicted octanol–water partition coefficient (Wildman–Crippen LogP) is 5.25. The van der Waals surface area contributed by atoms with Crippen LogP contribution in [0.2, 0.25) is 0 Å². The Morgan fingerprint density at radius 2 is 1.80 bits per heavy atom. The Bertz CT molecular complexity index is 1390. The Hall–Kier alpha value is -3.51. The van der Waals surface area contributed by atoms with Gasteiger partial charge in [0.05, 0.1) is 30.2 Å². The number of amides is 2. The summed E-state index contributed by atoms with van der Waals surface area (Å²) in [6.45, 7) is 4.27. The molecule has 41 heavy (non-hydrogen) atoms. The first kappa shape index (κ1) is 29.0. The van der Waals surface area contributed by atoms with Crippen molar-refractivity contribution in [1.29, 1.82) is 0 Å². The van der Waals surface area contributed by atoms with E-state index in [9.17, 15) is 27.2 Å². The zero-order valence-corrected chi connectivity index (χ0v) is 23.1. The lowest BCUT2D eigenvalue weighted by atomic mass is 9.79. The second-order valence-electron chi connectivity index (χ2n) is 11.3. The van der Waals surface area contributed by atoms with Crippen molar-refractivity contribution < 1.29 is 27.2 Å². The SMILES string of the molecule is CC[C@@H](NC(=O)CC1CC(F)(F)C1)c1cnn2cc([C@@H](NC(=O)c3ccnn3CC)C3CCC(F)(F)CC3)nc2c1. The number of rotatable bonds is 10. The van der Waals surface area contributed by atoms with Gasteiger partial charge in [-0.25, -0.2) is 27.1 Å².